The van der Waals surface area contributed by atoms with E-state index < -0.39 is 0 Å². The normalized spacial score (nSPS) is 54.0. The minimum atomic E-state index is -0.127. The van der Waals surface area contributed by atoms with Crippen molar-refractivity contribution in [2.24, 2.45) is 28.6 Å². The van der Waals surface area contributed by atoms with E-state index in [4.69, 9.17) is 0 Å². The number of nitrogens with zero attached hydrogens (tertiary/aromatic N) is 1. The van der Waals surface area contributed by atoms with Crippen LogP contribution in [0.2, 0.25) is 0 Å². The van der Waals surface area contributed by atoms with Crippen molar-refractivity contribution in [3.05, 3.63) is 11.6 Å². The third-order valence-corrected chi connectivity index (χ3v) is 10.4. The van der Waals surface area contributed by atoms with Crippen LogP contribution in [0.5, 0.6) is 0 Å². The zero-order chi connectivity index (χ0) is 19.0. The van der Waals surface area contributed by atoms with Crippen molar-refractivity contribution < 1.29 is 14.7 Å². The number of quaternary nitrogens is 1. The van der Waals surface area contributed by atoms with E-state index in [1.807, 2.05) is 0 Å². The fourth-order valence-corrected chi connectivity index (χ4v) is 8.61. The fraction of sp³-hybridized carbons (Fsp3) is 0.917. The van der Waals surface area contributed by atoms with Gasteiger partial charge in [0, 0.05) is 24.7 Å². The molecule has 0 radical (unpaired) electrons. The summed E-state index contributed by atoms with van der Waals surface area (Å²) in [5.74, 6) is 2.17. The standard InChI is InChI=1S/C24H40NO2/c1-23-10-8-17(26)14-16(23)6-7-18-19(23)9-11-24(2)20(18)15-21(22(24)27)25(3)12-4-5-13-25/h6,17-22,26-27H,4-5,7-15H2,1-3H3/q+1/t17-,18+,19-,20-,21-,22-,23-,24-/m0/s1. The van der Waals surface area contributed by atoms with Gasteiger partial charge < -0.3 is 14.7 Å². The van der Waals surface area contributed by atoms with Crippen LogP contribution >= 0.6 is 0 Å². The molecule has 0 unspecified atom stereocenters. The van der Waals surface area contributed by atoms with Gasteiger partial charge in [0.2, 0.25) is 0 Å². The van der Waals surface area contributed by atoms with E-state index in [9.17, 15) is 10.2 Å². The van der Waals surface area contributed by atoms with Crippen molar-refractivity contribution in [1.82, 2.24) is 0 Å². The molecule has 1 heterocycles. The first-order valence-corrected chi connectivity index (χ1v) is 11.7. The van der Waals surface area contributed by atoms with Gasteiger partial charge in [-0.25, -0.2) is 0 Å². The van der Waals surface area contributed by atoms with Crippen LogP contribution in [-0.2, 0) is 0 Å². The van der Waals surface area contributed by atoms with Crippen molar-refractivity contribution in [3.8, 4) is 0 Å². The minimum Gasteiger partial charge on any atom is -0.393 e. The predicted molar refractivity (Wildman–Crippen MR) is 108 cm³/mol. The van der Waals surface area contributed by atoms with E-state index in [2.05, 4.69) is 27.0 Å². The molecule has 3 heteroatoms. The molecular weight excluding hydrogens is 334 g/mol. The molecule has 3 saturated carbocycles. The summed E-state index contributed by atoms with van der Waals surface area (Å²) in [7, 11) is 2.42. The molecule has 5 rings (SSSR count). The van der Waals surface area contributed by atoms with Gasteiger partial charge in [-0.05, 0) is 61.7 Å². The third kappa shape index (κ3) is 2.50. The average Bonchev–Trinajstić information content (AvgIpc) is 3.18. The van der Waals surface area contributed by atoms with E-state index >= 15 is 0 Å². The largest absolute Gasteiger partial charge is 0.393 e. The second-order valence-corrected chi connectivity index (χ2v) is 11.6. The van der Waals surface area contributed by atoms with Crippen LogP contribution in [0.25, 0.3) is 0 Å². The molecular formula is C24H40NO2+. The topological polar surface area (TPSA) is 40.5 Å². The van der Waals surface area contributed by atoms with Crippen LogP contribution in [0.1, 0.15) is 71.6 Å². The van der Waals surface area contributed by atoms with E-state index in [1.165, 1.54) is 51.6 Å². The van der Waals surface area contributed by atoms with Crippen LogP contribution in [-0.4, -0.2) is 53.1 Å². The monoisotopic (exact) mass is 374 g/mol. The van der Waals surface area contributed by atoms with Crippen LogP contribution in [0, 0.1) is 28.6 Å². The van der Waals surface area contributed by atoms with Crippen LogP contribution in [0.4, 0.5) is 0 Å². The molecule has 0 aromatic carbocycles. The maximum absolute atomic E-state index is 11.5. The highest BCUT2D eigenvalue weighted by Gasteiger charge is 2.64. The molecule has 0 bridgehead atoms. The second-order valence-electron chi connectivity index (χ2n) is 11.6. The van der Waals surface area contributed by atoms with Crippen LogP contribution < -0.4 is 0 Å². The van der Waals surface area contributed by atoms with E-state index in [0.717, 1.165) is 35.6 Å². The molecule has 4 aliphatic carbocycles. The van der Waals surface area contributed by atoms with Gasteiger partial charge in [0.15, 0.2) is 0 Å². The lowest BCUT2D eigenvalue weighted by Gasteiger charge is -2.57. The Bertz CT molecular complexity index is 638. The van der Waals surface area contributed by atoms with Crippen LogP contribution in [0.3, 0.4) is 0 Å². The van der Waals surface area contributed by atoms with Gasteiger partial charge in [-0.15, -0.1) is 0 Å². The summed E-state index contributed by atoms with van der Waals surface area (Å²) in [5.41, 5.74) is 1.98. The van der Waals surface area contributed by atoms with Crippen LogP contribution in [0.15, 0.2) is 11.6 Å². The molecule has 1 aliphatic heterocycles. The number of likely N-dealkylation sites (N-methyl/N-ethyl adjacent to an activating group) is 1. The van der Waals surface area contributed by atoms with Crippen molar-refractivity contribution in [2.75, 3.05) is 20.1 Å². The first kappa shape index (κ1) is 18.6. The van der Waals surface area contributed by atoms with Gasteiger partial charge in [-0.3, -0.25) is 0 Å². The summed E-state index contributed by atoms with van der Waals surface area (Å²) in [4.78, 5) is 0. The number of aliphatic hydroxyl groups excluding tert-OH is 2. The number of hydrogen-bond donors (Lipinski definition) is 2. The van der Waals surface area contributed by atoms with Crippen molar-refractivity contribution in [3.63, 3.8) is 0 Å². The molecule has 0 spiro atoms. The third-order valence-electron chi connectivity index (χ3n) is 10.4. The Morgan fingerprint density at radius 2 is 1.78 bits per heavy atom. The smallest absolute Gasteiger partial charge is 0.116 e. The van der Waals surface area contributed by atoms with Crippen molar-refractivity contribution in [2.45, 2.75) is 89.9 Å². The summed E-state index contributed by atoms with van der Waals surface area (Å²) < 4.78 is 1.12. The van der Waals surface area contributed by atoms with E-state index in [-0.39, 0.29) is 17.6 Å². The van der Waals surface area contributed by atoms with Gasteiger partial charge in [0.1, 0.15) is 12.1 Å². The highest BCUT2D eigenvalue weighted by atomic mass is 16.3. The van der Waals surface area contributed by atoms with Gasteiger partial charge in [-0.2, -0.15) is 0 Å². The Hall–Kier alpha value is -0.380. The minimum absolute atomic E-state index is 0.117. The lowest BCUT2D eigenvalue weighted by Crippen LogP contribution is -2.56. The molecule has 0 amide bonds. The molecule has 4 fully saturated rings. The SMILES string of the molecule is C[C@]12CC[C@H]3[C@@H](CC=C4C[C@@H](O)CC[C@@]43C)[C@@H]1C[C@H]([N+]1(C)CCCC1)[C@@H]2O. The van der Waals surface area contributed by atoms with E-state index in [0.29, 0.717) is 17.4 Å². The highest BCUT2D eigenvalue weighted by Crippen LogP contribution is 2.65. The first-order valence-electron chi connectivity index (χ1n) is 11.7. The van der Waals surface area contributed by atoms with Gasteiger partial charge in [-0.1, -0.05) is 25.5 Å². The zero-order valence-corrected chi connectivity index (χ0v) is 17.7. The van der Waals surface area contributed by atoms with E-state index in [1.54, 1.807) is 5.57 Å². The number of aliphatic hydroxyl groups is 2. The Balaban J connectivity index is 1.46. The molecule has 152 valence electrons. The molecule has 2 N–H and O–H groups in total. The maximum Gasteiger partial charge on any atom is 0.116 e. The quantitative estimate of drug-likeness (QED) is 0.540. The fourth-order valence-electron chi connectivity index (χ4n) is 8.61. The summed E-state index contributed by atoms with van der Waals surface area (Å²) in [5, 5.41) is 21.7. The summed E-state index contributed by atoms with van der Waals surface area (Å²) in [6.45, 7) is 7.45. The Morgan fingerprint density at radius 1 is 1.04 bits per heavy atom. The molecule has 0 aromatic rings. The Morgan fingerprint density at radius 3 is 2.52 bits per heavy atom. The zero-order valence-electron chi connectivity index (χ0n) is 17.7. The Kier molecular flexibility index (Phi) is 4.18. The number of hydrogen-bond acceptors (Lipinski definition) is 2. The van der Waals surface area contributed by atoms with Gasteiger partial charge in [0.25, 0.3) is 0 Å². The first-order chi connectivity index (χ1) is 12.8. The van der Waals surface area contributed by atoms with Gasteiger partial charge >= 0.3 is 0 Å². The number of fused-ring (bicyclic) bond motifs is 5. The lowest BCUT2D eigenvalue weighted by molar-refractivity contribution is -0.925. The molecule has 1 saturated heterocycles. The molecule has 3 nitrogen and oxygen atoms in total. The maximum atomic E-state index is 11.5. The van der Waals surface area contributed by atoms with Crippen molar-refractivity contribution in [1.29, 1.82) is 0 Å². The highest BCUT2D eigenvalue weighted by molar-refractivity contribution is 5.25. The lowest BCUT2D eigenvalue weighted by atomic mass is 9.48. The van der Waals surface area contributed by atoms with Gasteiger partial charge in [0.05, 0.1) is 26.2 Å². The summed E-state index contributed by atoms with van der Waals surface area (Å²) in [6, 6.07) is 0.451. The molecule has 0 aromatic heterocycles. The average molecular weight is 375 g/mol. The summed E-state index contributed by atoms with van der Waals surface area (Å²) in [6.07, 6.45) is 12.9. The number of allylic oxidation sites excluding steroid dienone is 1. The molecule has 27 heavy (non-hydrogen) atoms. The summed E-state index contributed by atoms with van der Waals surface area (Å²) >= 11 is 0. The second kappa shape index (κ2) is 6.06. The molecule has 8 atom stereocenters. The Labute approximate surface area is 165 Å². The molecule has 5 aliphatic rings. The number of likely N-dealkylation sites (tertiary alicyclic amines) is 1. The van der Waals surface area contributed by atoms with Crippen molar-refractivity contribution >= 4 is 0 Å². The number of rotatable bonds is 1. The predicted octanol–water partition coefficient (Wildman–Crippen LogP) is 3.89.